The summed E-state index contributed by atoms with van der Waals surface area (Å²) in [6, 6.07) is 23.5. The van der Waals surface area contributed by atoms with Crippen LogP contribution >= 0.6 is 0 Å². The average Bonchev–Trinajstić information content (AvgIpc) is 2.95. The molecule has 202 valence electrons. The highest BCUT2D eigenvalue weighted by atomic mass is 16.5. The van der Waals surface area contributed by atoms with Crippen LogP contribution in [0.3, 0.4) is 0 Å². The maximum Gasteiger partial charge on any atom is 0.308 e. The molecular weight excluding hydrogens is 478 g/mol. The molecule has 0 aliphatic carbocycles. The molecule has 1 amide bonds. The van der Waals surface area contributed by atoms with Crippen LogP contribution in [0.4, 0.5) is 0 Å². The van der Waals surface area contributed by atoms with E-state index in [2.05, 4.69) is 12.1 Å². The maximum atomic E-state index is 13.6. The van der Waals surface area contributed by atoms with Gasteiger partial charge >= 0.3 is 5.97 Å². The van der Waals surface area contributed by atoms with Gasteiger partial charge in [0.1, 0.15) is 18.1 Å². The number of methoxy groups -OCH3 is 2. The SMILES string of the molecule is COc1cc(C(=O)N(CCCc2ccccc2)CCCC(C)C(=O)OCc2ccccc2)cc(OC)c1C. The Morgan fingerprint density at radius 2 is 1.37 bits per heavy atom. The number of amides is 1. The molecule has 0 aromatic heterocycles. The van der Waals surface area contributed by atoms with Gasteiger partial charge in [0, 0.05) is 24.2 Å². The lowest BCUT2D eigenvalue weighted by molar-refractivity contribution is -0.149. The van der Waals surface area contributed by atoms with Crippen LogP contribution in [0.5, 0.6) is 11.5 Å². The van der Waals surface area contributed by atoms with E-state index >= 15 is 0 Å². The molecule has 3 aromatic rings. The Morgan fingerprint density at radius 3 is 1.95 bits per heavy atom. The summed E-state index contributed by atoms with van der Waals surface area (Å²) in [5.41, 5.74) is 3.59. The van der Waals surface area contributed by atoms with Crippen molar-refractivity contribution in [2.24, 2.45) is 5.92 Å². The van der Waals surface area contributed by atoms with Crippen molar-refractivity contribution in [2.75, 3.05) is 27.3 Å². The van der Waals surface area contributed by atoms with Gasteiger partial charge in [0.05, 0.1) is 20.1 Å². The van der Waals surface area contributed by atoms with Crippen molar-refractivity contribution >= 4 is 11.9 Å². The Hall–Kier alpha value is -3.80. The van der Waals surface area contributed by atoms with E-state index < -0.39 is 0 Å². The zero-order chi connectivity index (χ0) is 27.3. The van der Waals surface area contributed by atoms with Crippen LogP contribution in [0, 0.1) is 12.8 Å². The lowest BCUT2D eigenvalue weighted by Crippen LogP contribution is -2.33. The number of esters is 1. The monoisotopic (exact) mass is 517 g/mol. The van der Waals surface area contributed by atoms with Crippen molar-refractivity contribution in [1.82, 2.24) is 4.90 Å². The summed E-state index contributed by atoms with van der Waals surface area (Å²) in [6.07, 6.45) is 3.05. The molecule has 1 unspecified atom stereocenters. The number of benzene rings is 3. The second kappa shape index (κ2) is 14.8. The lowest BCUT2D eigenvalue weighted by atomic mass is 10.0. The summed E-state index contributed by atoms with van der Waals surface area (Å²) in [7, 11) is 3.18. The number of rotatable bonds is 14. The first kappa shape index (κ1) is 28.8. The molecule has 6 heteroatoms. The van der Waals surface area contributed by atoms with E-state index in [0.29, 0.717) is 43.0 Å². The molecule has 3 rings (SSSR count). The molecule has 0 saturated heterocycles. The summed E-state index contributed by atoms with van der Waals surface area (Å²) in [4.78, 5) is 28.0. The highest BCUT2D eigenvalue weighted by Gasteiger charge is 2.21. The minimum atomic E-state index is -0.250. The van der Waals surface area contributed by atoms with Crippen LogP contribution in [-0.4, -0.2) is 44.1 Å². The van der Waals surface area contributed by atoms with Gasteiger partial charge in [-0.1, -0.05) is 67.6 Å². The third kappa shape index (κ3) is 8.37. The molecule has 1 atom stereocenters. The van der Waals surface area contributed by atoms with Gasteiger partial charge < -0.3 is 19.1 Å². The van der Waals surface area contributed by atoms with Crippen molar-refractivity contribution in [3.63, 3.8) is 0 Å². The van der Waals surface area contributed by atoms with E-state index in [1.807, 2.05) is 67.3 Å². The third-order valence-corrected chi connectivity index (χ3v) is 6.71. The van der Waals surface area contributed by atoms with Crippen LogP contribution < -0.4 is 9.47 Å². The predicted molar refractivity (Wildman–Crippen MR) is 150 cm³/mol. The number of hydrogen-bond acceptors (Lipinski definition) is 5. The van der Waals surface area contributed by atoms with Gasteiger partial charge in [-0.25, -0.2) is 0 Å². The molecular formula is C32H39NO5. The molecule has 0 aliphatic heterocycles. The zero-order valence-corrected chi connectivity index (χ0v) is 22.9. The number of carbonyl (C=O) groups excluding carboxylic acids is 2. The number of aryl methyl sites for hydroxylation is 1. The second-order valence-electron chi connectivity index (χ2n) is 9.52. The first-order chi connectivity index (χ1) is 18.4. The third-order valence-electron chi connectivity index (χ3n) is 6.71. The molecule has 0 bridgehead atoms. The van der Waals surface area contributed by atoms with Crippen molar-refractivity contribution in [2.45, 2.75) is 46.1 Å². The van der Waals surface area contributed by atoms with Crippen LogP contribution in [-0.2, 0) is 22.6 Å². The highest BCUT2D eigenvalue weighted by molar-refractivity contribution is 5.95. The Morgan fingerprint density at radius 1 is 0.816 bits per heavy atom. The van der Waals surface area contributed by atoms with Crippen LogP contribution in [0.2, 0.25) is 0 Å². The second-order valence-corrected chi connectivity index (χ2v) is 9.52. The van der Waals surface area contributed by atoms with Gasteiger partial charge in [0.2, 0.25) is 0 Å². The molecule has 6 nitrogen and oxygen atoms in total. The van der Waals surface area contributed by atoms with Gasteiger partial charge in [0.25, 0.3) is 5.91 Å². The molecule has 0 aliphatic rings. The first-order valence-corrected chi connectivity index (χ1v) is 13.2. The Labute approximate surface area is 226 Å². The fourth-order valence-corrected chi connectivity index (χ4v) is 4.40. The van der Waals surface area contributed by atoms with Crippen molar-refractivity contribution in [3.05, 3.63) is 95.1 Å². The molecule has 38 heavy (non-hydrogen) atoms. The number of nitrogens with zero attached hydrogens (tertiary/aromatic N) is 1. The predicted octanol–water partition coefficient (Wildman–Crippen LogP) is 6.25. The van der Waals surface area contributed by atoms with Crippen LogP contribution in [0.1, 0.15) is 53.2 Å². The lowest BCUT2D eigenvalue weighted by Gasteiger charge is -2.24. The van der Waals surface area contributed by atoms with Crippen molar-refractivity contribution in [3.8, 4) is 11.5 Å². The Kier molecular flexibility index (Phi) is 11.2. The number of hydrogen-bond donors (Lipinski definition) is 0. The van der Waals surface area contributed by atoms with Gasteiger partial charge in [-0.05, 0) is 55.9 Å². The van der Waals surface area contributed by atoms with E-state index in [1.54, 1.807) is 26.4 Å². The largest absolute Gasteiger partial charge is 0.496 e. The molecule has 3 aromatic carbocycles. The van der Waals surface area contributed by atoms with Crippen molar-refractivity contribution < 1.29 is 23.8 Å². The molecule has 0 N–H and O–H groups in total. The summed E-state index contributed by atoms with van der Waals surface area (Å²) in [5, 5.41) is 0. The van der Waals surface area contributed by atoms with E-state index in [4.69, 9.17) is 14.2 Å². The standard InChI is InChI=1S/C32H39NO5/c1-24(32(35)38-23-27-16-9-6-10-17-27)13-11-19-33(20-12-18-26-14-7-5-8-15-26)31(34)28-21-29(36-3)25(2)30(22-28)37-4/h5-10,14-17,21-22,24H,11-13,18-20,23H2,1-4H3. The normalized spacial score (nSPS) is 11.5. The van der Waals surface area contributed by atoms with Gasteiger partial charge in [0.15, 0.2) is 0 Å². The molecule has 0 spiro atoms. The first-order valence-electron chi connectivity index (χ1n) is 13.2. The van der Waals surface area contributed by atoms with E-state index in [0.717, 1.165) is 24.0 Å². The quantitative estimate of drug-likeness (QED) is 0.237. The smallest absolute Gasteiger partial charge is 0.308 e. The van der Waals surface area contributed by atoms with Crippen LogP contribution in [0.15, 0.2) is 72.8 Å². The molecule has 0 heterocycles. The summed E-state index contributed by atoms with van der Waals surface area (Å²) in [6.45, 7) is 5.21. The molecule has 0 saturated carbocycles. The zero-order valence-electron chi connectivity index (χ0n) is 22.9. The van der Waals surface area contributed by atoms with Gasteiger partial charge in [-0.2, -0.15) is 0 Å². The van der Waals surface area contributed by atoms with Gasteiger partial charge in [-0.15, -0.1) is 0 Å². The fourth-order valence-electron chi connectivity index (χ4n) is 4.40. The average molecular weight is 518 g/mol. The molecule has 0 radical (unpaired) electrons. The maximum absolute atomic E-state index is 13.6. The van der Waals surface area contributed by atoms with E-state index in [1.165, 1.54) is 5.56 Å². The highest BCUT2D eigenvalue weighted by Crippen LogP contribution is 2.30. The Bertz CT molecular complexity index is 1140. The number of carbonyl (C=O) groups is 2. The fraction of sp³-hybridized carbons (Fsp3) is 0.375. The van der Waals surface area contributed by atoms with E-state index in [-0.39, 0.29) is 24.4 Å². The minimum absolute atomic E-state index is 0.0750. The number of ether oxygens (including phenoxy) is 3. The van der Waals surface area contributed by atoms with Crippen LogP contribution in [0.25, 0.3) is 0 Å². The van der Waals surface area contributed by atoms with Crippen molar-refractivity contribution in [1.29, 1.82) is 0 Å². The summed E-state index contributed by atoms with van der Waals surface area (Å²) >= 11 is 0. The minimum Gasteiger partial charge on any atom is -0.496 e. The summed E-state index contributed by atoms with van der Waals surface area (Å²) in [5.74, 6) is 0.691. The van der Waals surface area contributed by atoms with Gasteiger partial charge in [-0.3, -0.25) is 9.59 Å². The Balaban J connectivity index is 1.63. The van der Waals surface area contributed by atoms with E-state index in [9.17, 15) is 9.59 Å². The summed E-state index contributed by atoms with van der Waals surface area (Å²) < 4.78 is 16.5. The molecule has 0 fully saturated rings. The topological polar surface area (TPSA) is 65.1 Å².